The van der Waals surface area contributed by atoms with E-state index in [2.05, 4.69) is 16.6 Å². The molecule has 196 valence electrons. The number of carbonyl (C=O) groups is 1. The summed E-state index contributed by atoms with van der Waals surface area (Å²) in [7, 11) is 0. The first-order chi connectivity index (χ1) is 18.2. The van der Waals surface area contributed by atoms with Gasteiger partial charge in [0.1, 0.15) is 5.75 Å². The molecular formula is C31H28F3NO3. The number of rotatable bonds is 10. The van der Waals surface area contributed by atoms with Crippen molar-refractivity contribution >= 4 is 5.97 Å². The van der Waals surface area contributed by atoms with E-state index in [0.29, 0.717) is 12.1 Å². The molecule has 4 nitrogen and oxygen atoms in total. The number of hydrogen-bond donors (Lipinski definition) is 1. The minimum atomic E-state index is -4.76. The Labute approximate surface area is 219 Å². The normalized spacial score (nSPS) is 13.2. The van der Waals surface area contributed by atoms with Crippen LogP contribution in [0.15, 0.2) is 109 Å². The highest BCUT2D eigenvalue weighted by Gasteiger charge is 2.31. The third-order valence-electron chi connectivity index (χ3n) is 6.45. The van der Waals surface area contributed by atoms with Crippen molar-refractivity contribution < 1.29 is 27.8 Å². The van der Waals surface area contributed by atoms with Crippen LogP contribution in [0, 0.1) is 0 Å². The van der Waals surface area contributed by atoms with E-state index < -0.39 is 18.4 Å². The highest BCUT2D eigenvalue weighted by atomic mass is 19.4. The summed E-state index contributed by atoms with van der Waals surface area (Å²) in [6.07, 6.45) is -4.88. The molecule has 1 N–H and O–H groups in total. The maximum Gasteiger partial charge on any atom is 0.573 e. The largest absolute Gasteiger partial charge is 0.573 e. The van der Waals surface area contributed by atoms with Gasteiger partial charge in [0.2, 0.25) is 0 Å². The summed E-state index contributed by atoms with van der Waals surface area (Å²) in [6.45, 7) is 2.60. The second kappa shape index (κ2) is 12.0. The second-order valence-electron chi connectivity index (χ2n) is 9.06. The first-order valence-corrected chi connectivity index (χ1v) is 12.2. The summed E-state index contributed by atoms with van der Waals surface area (Å²) >= 11 is 0. The van der Waals surface area contributed by atoms with E-state index >= 15 is 0 Å². The predicted molar refractivity (Wildman–Crippen MR) is 140 cm³/mol. The fourth-order valence-corrected chi connectivity index (χ4v) is 4.60. The number of carboxylic acids is 1. The fourth-order valence-electron chi connectivity index (χ4n) is 4.60. The van der Waals surface area contributed by atoms with Crippen LogP contribution in [-0.2, 0) is 11.3 Å². The number of hydrogen-bond acceptors (Lipinski definition) is 3. The second-order valence-corrected chi connectivity index (χ2v) is 9.06. The van der Waals surface area contributed by atoms with Crippen LogP contribution in [-0.4, -0.2) is 22.3 Å². The van der Waals surface area contributed by atoms with Crippen LogP contribution in [0.5, 0.6) is 5.75 Å². The van der Waals surface area contributed by atoms with E-state index in [0.717, 1.165) is 22.3 Å². The number of benzene rings is 4. The molecule has 0 spiro atoms. The van der Waals surface area contributed by atoms with Crippen molar-refractivity contribution in [3.05, 3.63) is 126 Å². The average molecular weight is 520 g/mol. The molecule has 0 aliphatic rings. The van der Waals surface area contributed by atoms with Crippen LogP contribution in [0.2, 0.25) is 0 Å². The third-order valence-corrected chi connectivity index (χ3v) is 6.45. The van der Waals surface area contributed by atoms with Gasteiger partial charge in [-0.2, -0.15) is 0 Å². The first-order valence-electron chi connectivity index (χ1n) is 12.2. The summed E-state index contributed by atoms with van der Waals surface area (Å²) in [5, 5.41) is 9.89. The molecule has 0 heterocycles. The van der Waals surface area contributed by atoms with Crippen LogP contribution >= 0.6 is 0 Å². The van der Waals surface area contributed by atoms with Gasteiger partial charge in [0.05, 0.1) is 6.42 Å². The molecule has 2 unspecified atom stereocenters. The van der Waals surface area contributed by atoms with Crippen LogP contribution in [0.25, 0.3) is 11.1 Å². The van der Waals surface area contributed by atoms with Crippen molar-refractivity contribution in [2.75, 3.05) is 0 Å². The van der Waals surface area contributed by atoms with Crippen molar-refractivity contribution in [1.82, 2.24) is 4.90 Å². The highest BCUT2D eigenvalue weighted by molar-refractivity contribution is 5.69. The zero-order chi connectivity index (χ0) is 27.1. The molecule has 0 aliphatic heterocycles. The molecule has 0 saturated carbocycles. The summed E-state index contributed by atoms with van der Waals surface area (Å²) in [5.41, 5.74) is 4.39. The summed E-state index contributed by atoms with van der Waals surface area (Å²) in [5.74, 6) is -1.22. The number of alkyl halides is 3. The molecule has 0 bridgehead atoms. The quantitative estimate of drug-likeness (QED) is 0.230. The van der Waals surface area contributed by atoms with Crippen LogP contribution in [0.1, 0.15) is 42.1 Å². The van der Waals surface area contributed by atoms with Gasteiger partial charge >= 0.3 is 12.3 Å². The number of carboxylic acid groups (broad SMARTS) is 1. The standard InChI is InChI=1S/C31H28F3NO3/c1-22(24-11-6-3-7-12-24)35(21-23-9-4-2-5-10-23)29(20-30(36)37)27-14-8-13-26(19-27)25-15-17-28(18-16-25)38-31(32,33)34/h2-19,22,29H,20-21H2,1H3,(H,36,37). The molecule has 7 heteroatoms. The summed E-state index contributed by atoms with van der Waals surface area (Å²) in [4.78, 5) is 14.3. The van der Waals surface area contributed by atoms with Gasteiger partial charge in [0.25, 0.3) is 0 Å². The lowest BCUT2D eigenvalue weighted by Gasteiger charge is -2.37. The zero-order valence-corrected chi connectivity index (χ0v) is 20.8. The van der Waals surface area contributed by atoms with Crippen LogP contribution in [0.3, 0.4) is 0 Å². The molecule has 38 heavy (non-hydrogen) atoms. The number of halogens is 3. The molecule has 0 fully saturated rings. The van der Waals surface area contributed by atoms with Crippen molar-refractivity contribution in [2.24, 2.45) is 0 Å². The summed E-state index contributed by atoms with van der Waals surface area (Å²) in [6, 6.07) is 32.4. The fraction of sp³-hybridized carbons (Fsp3) is 0.194. The molecule has 4 rings (SSSR count). The molecule has 0 saturated heterocycles. The Balaban J connectivity index is 1.71. The Morgan fingerprint density at radius 3 is 2.03 bits per heavy atom. The molecule has 0 aromatic heterocycles. The average Bonchev–Trinajstić information content (AvgIpc) is 2.91. The molecule has 4 aromatic carbocycles. The van der Waals surface area contributed by atoms with E-state index in [4.69, 9.17) is 0 Å². The van der Waals surface area contributed by atoms with Crippen LogP contribution < -0.4 is 4.74 Å². The molecule has 0 amide bonds. The maximum absolute atomic E-state index is 12.6. The minimum absolute atomic E-state index is 0.0942. The molecule has 4 aromatic rings. The Kier molecular flexibility index (Phi) is 8.48. The van der Waals surface area contributed by atoms with E-state index in [-0.39, 0.29) is 18.2 Å². The van der Waals surface area contributed by atoms with Crippen LogP contribution in [0.4, 0.5) is 13.2 Å². The summed E-state index contributed by atoms with van der Waals surface area (Å²) < 4.78 is 41.6. The Bertz CT molecular complexity index is 1330. The van der Waals surface area contributed by atoms with E-state index in [1.807, 2.05) is 84.9 Å². The van der Waals surface area contributed by atoms with Crippen molar-refractivity contribution in [1.29, 1.82) is 0 Å². The lowest BCUT2D eigenvalue weighted by molar-refractivity contribution is -0.274. The highest BCUT2D eigenvalue weighted by Crippen LogP contribution is 2.36. The molecular weight excluding hydrogens is 491 g/mol. The van der Waals surface area contributed by atoms with Gasteiger partial charge in [-0.1, -0.05) is 91.0 Å². The molecule has 2 atom stereocenters. The van der Waals surface area contributed by atoms with Gasteiger partial charge in [-0.15, -0.1) is 13.2 Å². The van der Waals surface area contributed by atoms with Crippen molar-refractivity contribution in [3.8, 4) is 16.9 Å². The first kappa shape index (κ1) is 26.9. The lowest BCUT2D eigenvalue weighted by Crippen LogP contribution is -2.32. The molecule has 0 aliphatic carbocycles. The molecule has 0 radical (unpaired) electrons. The van der Waals surface area contributed by atoms with E-state index in [9.17, 15) is 23.1 Å². The van der Waals surface area contributed by atoms with E-state index in [1.165, 1.54) is 12.1 Å². The maximum atomic E-state index is 12.6. The SMILES string of the molecule is CC(c1ccccc1)N(Cc1ccccc1)C(CC(=O)O)c1cccc(-c2ccc(OC(F)(F)F)cc2)c1. The Hall–Kier alpha value is -4.10. The number of aliphatic carboxylic acids is 1. The smallest absolute Gasteiger partial charge is 0.481 e. The zero-order valence-electron chi connectivity index (χ0n) is 20.8. The minimum Gasteiger partial charge on any atom is -0.481 e. The number of nitrogens with zero attached hydrogens (tertiary/aromatic N) is 1. The van der Waals surface area contributed by atoms with Gasteiger partial charge in [0.15, 0.2) is 0 Å². The van der Waals surface area contributed by atoms with Gasteiger partial charge < -0.3 is 9.84 Å². The van der Waals surface area contributed by atoms with Crippen molar-refractivity contribution in [2.45, 2.75) is 38.3 Å². The topological polar surface area (TPSA) is 49.8 Å². The third kappa shape index (κ3) is 7.23. The van der Waals surface area contributed by atoms with Crippen molar-refractivity contribution in [3.63, 3.8) is 0 Å². The van der Waals surface area contributed by atoms with Gasteiger partial charge in [-0.3, -0.25) is 9.69 Å². The van der Waals surface area contributed by atoms with Gasteiger partial charge in [-0.25, -0.2) is 0 Å². The predicted octanol–water partition coefficient (Wildman–Crippen LogP) is 8.03. The van der Waals surface area contributed by atoms with Gasteiger partial charge in [-0.05, 0) is 52.9 Å². The van der Waals surface area contributed by atoms with Gasteiger partial charge in [0, 0.05) is 18.6 Å². The number of ether oxygens (including phenoxy) is 1. The lowest BCUT2D eigenvalue weighted by atomic mass is 9.94. The Morgan fingerprint density at radius 1 is 0.816 bits per heavy atom. The Morgan fingerprint density at radius 2 is 1.42 bits per heavy atom. The monoisotopic (exact) mass is 519 g/mol. The van der Waals surface area contributed by atoms with E-state index in [1.54, 1.807) is 12.1 Å².